The maximum atomic E-state index is 10.9. The number of rotatable bonds is 4. The number of hydrogen-bond acceptors (Lipinski definition) is 4. The van der Waals surface area contributed by atoms with Crippen molar-refractivity contribution >= 4 is 18.6 Å². The van der Waals surface area contributed by atoms with Gasteiger partial charge in [0.1, 0.15) is 0 Å². The number of allylic oxidation sites excluding steroid dienone is 2. The maximum absolute atomic E-state index is 10.9. The second-order valence-electron chi connectivity index (χ2n) is 2.49. The Morgan fingerprint density at radius 2 is 1.94 bits per heavy atom. The van der Waals surface area contributed by atoms with Gasteiger partial charge in [0.15, 0.2) is 0 Å². The molecule has 0 aliphatic carbocycles. The highest BCUT2D eigenvalue weighted by Crippen LogP contribution is 1.99. The Labute approximate surface area is 104 Å². The van der Waals surface area contributed by atoms with E-state index in [1.165, 1.54) is 7.11 Å². The van der Waals surface area contributed by atoms with E-state index in [1.54, 1.807) is 31.4 Å². The minimum absolute atomic E-state index is 0. The third-order valence-corrected chi connectivity index (χ3v) is 1.55. The van der Waals surface area contributed by atoms with Crippen molar-refractivity contribution in [2.24, 2.45) is 5.73 Å². The lowest BCUT2D eigenvalue weighted by Gasteiger charge is -1.97. The average Bonchev–Trinajstić information content (AvgIpc) is 2.31. The minimum atomic E-state index is -0.336. The van der Waals surface area contributed by atoms with Gasteiger partial charge in [0.25, 0.3) is 0 Å². The summed E-state index contributed by atoms with van der Waals surface area (Å²) in [6, 6.07) is 0. The summed E-state index contributed by atoms with van der Waals surface area (Å²) in [5.74, 6) is -0.336. The molecule has 2 N–H and O–H groups in total. The average molecular weight is 245 g/mol. The zero-order valence-corrected chi connectivity index (χ0v) is 10.4. The molecule has 0 rings (SSSR count). The Kier molecular flexibility index (Phi) is 17.9. The summed E-state index contributed by atoms with van der Waals surface area (Å²) < 4.78 is 4.52. The first-order valence-corrected chi connectivity index (χ1v) is 5.28. The number of nitrogens with two attached hydrogens (primary N) is 1. The van der Waals surface area contributed by atoms with Crippen molar-refractivity contribution in [3.8, 4) is 0 Å². The number of thiol groups is 1. The molecule has 3 nitrogen and oxygen atoms in total. The van der Waals surface area contributed by atoms with E-state index in [4.69, 9.17) is 5.73 Å². The molecule has 0 aromatic carbocycles. The van der Waals surface area contributed by atoms with Crippen molar-refractivity contribution in [2.45, 2.75) is 14.4 Å². The number of esters is 1. The molecule has 0 aromatic heterocycles. The molecule has 16 heavy (non-hydrogen) atoms. The SMILES string of the molecule is C.C=C/C(=C\C=C(/C)C(=O)OC)CN.CS. The third kappa shape index (κ3) is 9.55. The molecule has 94 valence electrons. The summed E-state index contributed by atoms with van der Waals surface area (Å²) in [7, 11) is 1.35. The Balaban J connectivity index is -0.000000529. The number of carbonyl (C=O) groups is 1. The van der Waals surface area contributed by atoms with Gasteiger partial charge in [-0.25, -0.2) is 4.79 Å². The van der Waals surface area contributed by atoms with Gasteiger partial charge in [-0.2, -0.15) is 12.6 Å². The van der Waals surface area contributed by atoms with Crippen LogP contribution in [0.15, 0.2) is 36.0 Å². The normalized spacial score (nSPS) is 10.6. The predicted octanol–water partition coefficient (Wildman–Crippen LogP) is 2.36. The van der Waals surface area contributed by atoms with Crippen molar-refractivity contribution in [3.05, 3.63) is 36.0 Å². The summed E-state index contributed by atoms with van der Waals surface area (Å²) in [4.78, 5) is 10.9. The van der Waals surface area contributed by atoms with Gasteiger partial charge in [-0.15, -0.1) is 0 Å². The van der Waals surface area contributed by atoms with Crippen LogP contribution in [0.1, 0.15) is 14.4 Å². The summed E-state index contributed by atoms with van der Waals surface area (Å²) in [5, 5.41) is 0. The monoisotopic (exact) mass is 245 g/mol. The van der Waals surface area contributed by atoms with Crippen LogP contribution >= 0.6 is 12.6 Å². The first-order valence-electron chi connectivity index (χ1n) is 4.38. The number of ether oxygens (including phenoxy) is 1. The van der Waals surface area contributed by atoms with Gasteiger partial charge in [-0.3, -0.25) is 0 Å². The van der Waals surface area contributed by atoms with Gasteiger partial charge in [-0.05, 0) is 18.8 Å². The molecule has 0 atom stereocenters. The van der Waals surface area contributed by atoms with Crippen molar-refractivity contribution in [1.82, 2.24) is 0 Å². The second-order valence-corrected chi connectivity index (χ2v) is 2.49. The molecule has 0 saturated heterocycles. The molecule has 0 unspecified atom stereocenters. The van der Waals surface area contributed by atoms with Gasteiger partial charge in [0.05, 0.1) is 7.11 Å². The molecule has 0 aliphatic rings. The van der Waals surface area contributed by atoms with E-state index in [1.807, 2.05) is 0 Å². The predicted molar refractivity (Wildman–Crippen MR) is 74.7 cm³/mol. The van der Waals surface area contributed by atoms with E-state index in [0.29, 0.717) is 12.1 Å². The van der Waals surface area contributed by atoms with Crippen LogP contribution in [-0.2, 0) is 9.53 Å². The van der Waals surface area contributed by atoms with Crippen LogP contribution in [-0.4, -0.2) is 25.9 Å². The molecule has 0 fully saturated rings. The summed E-state index contributed by atoms with van der Waals surface area (Å²) in [5.41, 5.74) is 6.81. The van der Waals surface area contributed by atoms with Crippen molar-refractivity contribution in [3.63, 3.8) is 0 Å². The minimum Gasteiger partial charge on any atom is -0.466 e. The van der Waals surface area contributed by atoms with Gasteiger partial charge in [0, 0.05) is 12.1 Å². The van der Waals surface area contributed by atoms with E-state index in [-0.39, 0.29) is 13.4 Å². The number of hydrogen-bond donors (Lipinski definition) is 2. The van der Waals surface area contributed by atoms with E-state index in [9.17, 15) is 4.79 Å². The Morgan fingerprint density at radius 3 is 2.25 bits per heavy atom. The molecule has 0 aromatic rings. The van der Waals surface area contributed by atoms with Crippen molar-refractivity contribution < 1.29 is 9.53 Å². The Bertz CT molecular complexity index is 258. The highest BCUT2D eigenvalue weighted by Gasteiger charge is 2.00. The molecular weight excluding hydrogens is 222 g/mol. The smallest absolute Gasteiger partial charge is 0.333 e. The summed E-state index contributed by atoms with van der Waals surface area (Å²) in [6.45, 7) is 5.67. The summed E-state index contributed by atoms with van der Waals surface area (Å²) >= 11 is 3.53. The van der Waals surface area contributed by atoms with Gasteiger partial charge in [0.2, 0.25) is 0 Å². The Morgan fingerprint density at radius 1 is 1.44 bits per heavy atom. The van der Waals surface area contributed by atoms with E-state index >= 15 is 0 Å². The van der Waals surface area contributed by atoms with Crippen LogP contribution < -0.4 is 5.73 Å². The maximum Gasteiger partial charge on any atom is 0.333 e. The van der Waals surface area contributed by atoms with Crippen LogP contribution in [0.3, 0.4) is 0 Å². The molecular formula is C12H23NO2S. The third-order valence-electron chi connectivity index (χ3n) is 1.55. The Hall–Kier alpha value is -1.00. The molecule has 0 aliphatic heterocycles. The molecule has 0 spiro atoms. The van der Waals surface area contributed by atoms with Crippen molar-refractivity contribution in [1.29, 1.82) is 0 Å². The quantitative estimate of drug-likeness (QED) is 0.346. The molecule has 0 heterocycles. The molecule has 0 radical (unpaired) electrons. The van der Waals surface area contributed by atoms with Crippen LogP contribution in [0.4, 0.5) is 0 Å². The van der Waals surface area contributed by atoms with Crippen LogP contribution in [0, 0.1) is 0 Å². The molecule has 4 heteroatoms. The lowest BCUT2D eigenvalue weighted by Crippen LogP contribution is -2.02. The van der Waals surface area contributed by atoms with Crippen LogP contribution in [0.25, 0.3) is 0 Å². The molecule has 0 amide bonds. The highest BCUT2D eigenvalue weighted by molar-refractivity contribution is 7.79. The van der Waals surface area contributed by atoms with E-state index < -0.39 is 0 Å². The van der Waals surface area contributed by atoms with Gasteiger partial charge < -0.3 is 10.5 Å². The van der Waals surface area contributed by atoms with E-state index in [2.05, 4.69) is 23.9 Å². The lowest BCUT2D eigenvalue weighted by molar-refractivity contribution is -0.136. The molecule has 0 saturated carbocycles. The zero-order chi connectivity index (χ0) is 12.3. The van der Waals surface area contributed by atoms with E-state index in [0.717, 1.165) is 5.57 Å². The van der Waals surface area contributed by atoms with Crippen LogP contribution in [0.5, 0.6) is 0 Å². The first kappa shape index (κ1) is 20.4. The largest absolute Gasteiger partial charge is 0.466 e. The number of carbonyl (C=O) groups excluding carboxylic acids is 1. The zero-order valence-electron chi connectivity index (χ0n) is 9.49. The fraction of sp³-hybridized carbons (Fsp3) is 0.417. The highest BCUT2D eigenvalue weighted by atomic mass is 32.1. The second kappa shape index (κ2) is 14.0. The molecule has 0 bridgehead atoms. The first-order chi connectivity index (χ1) is 7.15. The van der Waals surface area contributed by atoms with Gasteiger partial charge in [-0.1, -0.05) is 32.2 Å². The van der Waals surface area contributed by atoms with Crippen LogP contribution in [0.2, 0.25) is 0 Å². The lowest BCUT2D eigenvalue weighted by atomic mass is 10.2. The summed E-state index contributed by atoms with van der Waals surface area (Å²) in [6.07, 6.45) is 6.76. The van der Waals surface area contributed by atoms with Crippen molar-refractivity contribution in [2.75, 3.05) is 19.9 Å². The topological polar surface area (TPSA) is 52.3 Å². The standard InChI is InChI=1S/C10H15NO2.CH4S.CH4/c1-4-9(7-11)6-5-8(2)10(12)13-3;1-2;/h4-6H,1,7,11H2,2-3H3;2H,1H3;1H4/b8-5+,9-6+;;. The number of methoxy groups -OCH3 is 1. The fourth-order valence-corrected chi connectivity index (χ4v) is 0.680. The van der Waals surface area contributed by atoms with Gasteiger partial charge >= 0.3 is 5.97 Å². The fourth-order valence-electron chi connectivity index (χ4n) is 0.680.